The van der Waals surface area contributed by atoms with Crippen molar-refractivity contribution in [2.24, 2.45) is 0 Å². The first-order valence-corrected chi connectivity index (χ1v) is 5.43. The van der Waals surface area contributed by atoms with Gasteiger partial charge >= 0.3 is 12.1 Å². The van der Waals surface area contributed by atoms with Gasteiger partial charge in [-0.05, 0) is 13.3 Å². The molecule has 0 spiro atoms. The molecule has 0 bridgehead atoms. The first-order valence-electron chi connectivity index (χ1n) is 5.43. The maximum Gasteiger partial charge on any atom is 0.422 e. The molecule has 1 rings (SSSR count). The molecule has 0 unspecified atom stereocenters. The van der Waals surface area contributed by atoms with Crippen molar-refractivity contribution >= 4 is 11.8 Å². The van der Waals surface area contributed by atoms with Crippen molar-refractivity contribution in [3.63, 3.8) is 0 Å². The highest BCUT2D eigenvalue weighted by atomic mass is 19.4. The number of hydrogen-bond acceptors (Lipinski definition) is 4. The number of carbonyl (C=O) groups excluding carboxylic acids is 1. The standard InChI is InChI=1S/C10H14F3N3O2/c1-3-5-16-8(14)6(10(11,12)13)7(15-16)9(17)18-4-2/h3-5,14H2,1-2H3. The summed E-state index contributed by atoms with van der Waals surface area (Å²) in [6.07, 6.45) is -4.19. The summed E-state index contributed by atoms with van der Waals surface area (Å²) >= 11 is 0. The number of ether oxygens (including phenoxy) is 1. The van der Waals surface area contributed by atoms with Crippen molar-refractivity contribution in [2.45, 2.75) is 33.0 Å². The third kappa shape index (κ3) is 2.74. The molecule has 0 amide bonds. The molecule has 0 aromatic carbocycles. The Balaban J connectivity index is 3.31. The molecule has 2 N–H and O–H groups in total. The molecule has 5 nitrogen and oxygen atoms in total. The quantitative estimate of drug-likeness (QED) is 0.846. The zero-order valence-electron chi connectivity index (χ0n) is 10.0. The molecule has 8 heteroatoms. The van der Waals surface area contributed by atoms with Crippen molar-refractivity contribution < 1.29 is 22.7 Å². The van der Waals surface area contributed by atoms with Crippen molar-refractivity contribution in [3.05, 3.63) is 11.3 Å². The van der Waals surface area contributed by atoms with Crippen molar-refractivity contribution in [3.8, 4) is 0 Å². The van der Waals surface area contributed by atoms with Gasteiger partial charge in [-0.2, -0.15) is 18.3 Å². The van der Waals surface area contributed by atoms with Crippen LogP contribution in [0.15, 0.2) is 0 Å². The van der Waals surface area contributed by atoms with E-state index in [0.29, 0.717) is 6.42 Å². The molecule has 0 saturated carbocycles. The summed E-state index contributed by atoms with van der Waals surface area (Å²) in [5, 5.41) is 3.58. The Labute approximate surface area is 102 Å². The van der Waals surface area contributed by atoms with Gasteiger partial charge in [-0.3, -0.25) is 0 Å². The minimum absolute atomic E-state index is 0.0311. The third-order valence-electron chi connectivity index (χ3n) is 2.18. The summed E-state index contributed by atoms with van der Waals surface area (Å²) in [4.78, 5) is 11.4. The molecule has 1 aromatic rings. The number of rotatable bonds is 4. The summed E-state index contributed by atoms with van der Waals surface area (Å²) in [5.74, 6) is -1.68. The Kier molecular flexibility index (Phi) is 4.20. The number of nitrogens with two attached hydrogens (primary N) is 1. The molecule has 0 saturated heterocycles. The van der Waals surface area contributed by atoms with Crippen LogP contribution in [0.4, 0.5) is 19.0 Å². The number of carbonyl (C=O) groups is 1. The highest BCUT2D eigenvalue weighted by Gasteiger charge is 2.42. The smallest absolute Gasteiger partial charge is 0.422 e. The zero-order valence-corrected chi connectivity index (χ0v) is 10.0. The fourth-order valence-corrected chi connectivity index (χ4v) is 1.48. The largest absolute Gasteiger partial charge is 0.461 e. The Hall–Kier alpha value is -1.73. The van der Waals surface area contributed by atoms with Gasteiger partial charge < -0.3 is 10.5 Å². The molecular formula is C10H14F3N3O2. The lowest BCUT2D eigenvalue weighted by Crippen LogP contribution is -2.15. The van der Waals surface area contributed by atoms with Gasteiger partial charge in [-0.25, -0.2) is 9.48 Å². The van der Waals surface area contributed by atoms with Gasteiger partial charge in [0.25, 0.3) is 0 Å². The number of nitrogen functional groups attached to an aromatic ring is 1. The minimum atomic E-state index is -4.74. The predicted octanol–water partition coefficient (Wildman–Crippen LogP) is 2.07. The summed E-state index contributed by atoms with van der Waals surface area (Å²) in [5.41, 5.74) is 3.37. The molecule has 18 heavy (non-hydrogen) atoms. The number of esters is 1. The fraction of sp³-hybridized carbons (Fsp3) is 0.600. The lowest BCUT2D eigenvalue weighted by atomic mass is 10.2. The molecule has 0 aliphatic carbocycles. The SMILES string of the molecule is CCCn1nc(C(=O)OCC)c(C(F)(F)F)c1N. The number of anilines is 1. The average Bonchev–Trinajstić information content (AvgIpc) is 2.57. The van der Waals surface area contributed by atoms with E-state index in [-0.39, 0.29) is 13.2 Å². The highest BCUT2D eigenvalue weighted by molar-refractivity contribution is 5.90. The van der Waals surface area contributed by atoms with Gasteiger partial charge in [-0.15, -0.1) is 0 Å². The maximum absolute atomic E-state index is 12.8. The van der Waals surface area contributed by atoms with Crippen LogP contribution in [0.5, 0.6) is 0 Å². The van der Waals surface area contributed by atoms with E-state index < -0.39 is 29.2 Å². The normalized spacial score (nSPS) is 11.6. The van der Waals surface area contributed by atoms with E-state index in [9.17, 15) is 18.0 Å². The van der Waals surface area contributed by atoms with Crippen LogP contribution in [0.2, 0.25) is 0 Å². The first-order chi connectivity index (χ1) is 8.32. The van der Waals surface area contributed by atoms with E-state index in [2.05, 4.69) is 9.84 Å². The molecule has 1 heterocycles. The lowest BCUT2D eigenvalue weighted by molar-refractivity contribution is -0.137. The predicted molar refractivity (Wildman–Crippen MR) is 57.9 cm³/mol. The number of hydrogen-bond donors (Lipinski definition) is 1. The van der Waals surface area contributed by atoms with Crippen LogP contribution >= 0.6 is 0 Å². The summed E-state index contributed by atoms with van der Waals surface area (Å²) in [6.45, 7) is 3.43. The molecule has 0 radical (unpaired) electrons. The molecule has 102 valence electrons. The van der Waals surface area contributed by atoms with Gasteiger partial charge in [0.15, 0.2) is 5.69 Å². The monoisotopic (exact) mass is 265 g/mol. The van der Waals surface area contributed by atoms with Crippen molar-refractivity contribution in [1.82, 2.24) is 9.78 Å². The van der Waals surface area contributed by atoms with Crippen LogP contribution in [0.1, 0.15) is 36.3 Å². The maximum atomic E-state index is 12.8. The zero-order chi connectivity index (χ0) is 13.9. The van der Waals surface area contributed by atoms with Gasteiger partial charge in [0, 0.05) is 6.54 Å². The van der Waals surface area contributed by atoms with Crippen LogP contribution in [0.3, 0.4) is 0 Å². The van der Waals surface area contributed by atoms with E-state index in [1.54, 1.807) is 6.92 Å². The number of nitrogens with zero attached hydrogens (tertiary/aromatic N) is 2. The van der Waals surface area contributed by atoms with E-state index in [1.165, 1.54) is 6.92 Å². The Morgan fingerprint density at radius 2 is 2.06 bits per heavy atom. The number of aryl methyl sites for hydroxylation is 1. The molecule has 0 aliphatic rings. The van der Waals surface area contributed by atoms with Gasteiger partial charge in [0.1, 0.15) is 11.4 Å². The molecular weight excluding hydrogens is 251 g/mol. The summed E-state index contributed by atoms with van der Waals surface area (Å²) in [7, 11) is 0. The second-order valence-corrected chi connectivity index (χ2v) is 3.55. The minimum Gasteiger partial charge on any atom is -0.461 e. The van der Waals surface area contributed by atoms with E-state index in [0.717, 1.165) is 4.68 Å². The van der Waals surface area contributed by atoms with E-state index in [4.69, 9.17) is 5.73 Å². The molecule has 1 aromatic heterocycles. The fourth-order valence-electron chi connectivity index (χ4n) is 1.48. The summed E-state index contributed by atoms with van der Waals surface area (Å²) < 4.78 is 44.0. The van der Waals surface area contributed by atoms with Crippen LogP contribution in [0.25, 0.3) is 0 Å². The topological polar surface area (TPSA) is 70.1 Å². The second-order valence-electron chi connectivity index (χ2n) is 3.55. The summed E-state index contributed by atoms with van der Waals surface area (Å²) in [6, 6.07) is 0. The van der Waals surface area contributed by atoms with Gasteiger partial charge in [-0.1, -0.05) is 6.92 Å². The van der Waals surface area contributed by atoms with Crippen molar-refractivity contribution in [2.75, 3.05) is 12.3 Å². The number of halogens is 3. The molecule has 0 atom stereocenters. The Morgan fingerprint density at radius 3 is 2.50 bits per heavy atom. The Morgan fingerprint density at radius 1 is 1.44 bits per heavy atom. The number of alkyl halides is 3. The van der Waals surface area contributed by atoms with Crippen molar-refractivity contribution in [1.29, 1.82) is 0 Å². The van der Waals surface area contributed by atoms with Gasteiger partial charge in [0.05, 0.1) is 6.61 Å². The van der Waals surface area contributed by atoms with E-state index in [1.807, 2.05) is 0 Å². The third-order valence-corrected chi connectivity index (χ3v) is 2.18. The highest BCUT2D eigenvalue weighted by Crippen LogP contribution is 2.36. The lowest BCUT2D eigenvalue weighted by Gasteiger charge is -2.07. The molecule has 0 fully saturated rings. The first kappa shape index (κ1) is 14.3. The Bertz CT molecular complexity index is 440. The molecule has 0 aliphatic heterocycles. The second kappa shape index (κ2) is 5.28. The van der Waals surface area contributed by atoms with Crippen LogP contribution in [-0.2, 0) is 17.5 Å². The van der Waals surface area contributed by atoms with Crippen LogP contribution in [0, 0.1) is 0 Å². The van der Waals surface area contributed by atoms with E-state index >= 15 is 0 Å². The van der Waals surface area contributed by atoms with Crippen LogP contribution in [-0.4, -0.2) is 22.4 Å². The number of aromatic nitrogens is 2. The van der Waals surface area contributed by atoms with Crippen LogP contribution < -0.4 is 5.73 Å². The van der Waals surface area contributed by atoms with Gasteiger partial charge in [0.2, 0.25) is 0 Å². The average molecular weight is 265 g/mol.